The first-order valence-electron chi connectivity index (χ1n) is 6.88. The highest BCUT2D eigenvalue weighted by atomic mass is 16.6. The Labute approximate surface area is 123 Å². The molecule has 6 nitrogen and oxygen atoms in total. The highest BCUT2D eigenvalue weighted by Gasteiger charge is 2.28. The summed E-state index contributed by atoms with van der Waals surface area (Å²) < 4.78 is 5.48. The van der Waals surface area contributed by atoms with Crippen LogP contribution in [-0.2, 0) is 17.8 Å². The molecule has 21 heavy (non-hydrogen) atoms. The van der Waals surface area contributed by atoms with E-state index in [1.807, 2.05) is 32.9 Å². The van der Waals surface area contributed by atoms with Gasteiger partial charge in [-0.1, -0.05) is 6.07 Å². The number of hydrogen-bond acceptors (Lipinski definition) is 4. The monoisotopic (exact) mass is 286 g/mol. The highest BCUT2D eigenvalue weighted by Crippen LogP contribution is 2.29. The van der Waals surface area contributed by atoms with E-state index < -0.39 is 5.60 Å². The fourth-order valence-corrected chi connectivity index (χ4v) is 2.35. The molecule has 3 rings (SSSR count). The van der Waals surface area contributed by atoms with E-state index in [1.165, 1.54) is 0 Å². The third-order valence-electron chi connectivity index (χ3n) is 3.22. The summed E-state index contributed by atoms with van der Waals surface area (Å²) >= 11 is 0. The standard InChI is InChI=1S/C15H18N4O2/c1-15(2,3)21-14(20)19-8-10-5-4-6-16-12(10)13-11(9-19)7-17-18-13/h4-7H,8-9H2,1-3H3,(H,17,18). The van der Waals surface area contributed by atoms with Crippen LogP contribution in [0.15, 0.2) is 24.5 Å². The van der Waals surface area contributed by atoms with Crippen LogP contribution >= 0.6 is 0 Å². The lowest BCUT2D eigenvalue weighted by Gasteiger charge is -2.26. The van der Waals surface area contributed by atoms with Gasteiger partial charge >= 0.3 is 6.09 Å². The van der Waals surface area contributed by atoms with Gasteiger partial charge in [-0.05, 0) is 32.4 Å². The predicted octanol–water partition coefficient (Wildman–Crippen LogP) is 2.72. The topological polar surface area (TPSA) is 71.1 Å². The zero-order valence-electron chi connectivity index (χ0n) is 12.4. The molecule has 3 heterocycles. The maximum absolute atomic E-state index is 12.4. The molecule has 0 unspecified atom stereocenters. The van der Waals surface area contributed by atoms with Crippen LogP contribution in [-0.4, -0.2) is 31.8 Å². The van der Waals surface area contributed by atoms with Gasteiger partial charge in [-0.25, -0.2) is 4.79 Å². The Morgan fingerprint density at radius 1 is 1.33 bits per heavy atom. The number of nitrogens with zero attached hydrogens (tertiary/aromatic N) is 3. The zero-order valence-corrected chi connectivity index (χ0v) is 12.4. The van der Waals surface area contributed by atoms with E-state index >= 15 is 0 Å². The lowest BCUT2D eigenvalue weighted by Crippen LogP contribution is -2.35. The molecule has 1 amide bonds. The number of pyridine rings is 1. The van der Waals surface area contributed by atoms with Crippen molar-refractivity contribution >= 4 is 6.09 Å². The van der Waals surface area contributed by atoms with Crippen molar-refractivity contribution in [3.05, 3.63) is 35.7 Å². The molecular formula is C15H18N4O2. The van der Waals surface area contributed by atoms with Crippen molar-refractivity contribution in [3.8, 4) is 11.4 Å². The van der Waals surface area contributed by atoms with Crippen LogP contribution in [0, 0.1) is 0 Å². The van der Waals surface area contributed by atoms with Crippen LogP contribution in [0.5, 0.6) is 0 Å². The van der Waals surface area contributed by atoms with E-state index in [9.17, 15) is 4.79 Å². The van der Waals surface area contributed by atoms with Crippen LogP contribution in [0.3, 0.4) is 0 Å². The van der Waals surface area contributed by atoms with Gasteiger partial charge < -0.3 is 4.74 Å². The molecule has 110 valence electrons. The lowest BCUT2D eigenvalue weighted by atomic mass is 10.1. The molecule has 1 aliphatic heterocycles. The van der Waals surface area contributed by atoms with Crippen molar-refractivity contribution in [2.45, 2.75) is 39.5 Å². The first-order valence-corrected chi connectivity index (χ1v) is 6.88. The van der Waals surface area contributed by atoms with Crippen molar-refractivity contribution in [2.75, 3.05) is 0 Å². The second kappa shape index (κ2) is 4.87. The summed E-state index contributed by atoms with van der Waals surface area (Å²) in [5, 5.41) is 7.04. The largest absolute Gasteiger partial charge is 0.444 e. The summed E-state index contributed by atoms with van der Waals surface area (Å²) in [5.41, 5.74) is 3.12. The van der Waals surface area contributed by atoms with Crippen LogP contribution in [0.4, 0.5) is 4.79 Å². The molecule has 0 atom stereocenters. The number of H-pyrrole nitrogens is 1. The second-order valence-electron chi connectivity index (χ2n) is 6.12. The van der Waals surface area contributed by atoms with Gasteiger partial charge in [0.2, 0.25) is 0 Å². The number of fused-ring (bicyclic) bond motifs is 3. The summed E-state index contributed by atoms with van der Waals surface area (Å²) in [7, 11) is 0. The van der Waals surface area contributed by atoms with Crippen LogP contribution in [0.1, 0.15) is 31.9 Å². The van der Waals surface area contributed by atoms with Gasteiger partial charge in [0.25, 0.3) is 0 Å². The molecule has 0 spiro atoms. The summed E-state index contributed by atoms with van der Waals surface area (Å²) in [6, 6.07) is 3.84. The Bertz CT molecular complexity index is 672. The first kappa shape index (κ1) is 13.6. The first-order chi connectivity index (χ1) is 9.94. The Balaban J connectivity index is 1.96. The van der Waals surface area contributed by atoms with Gasteiger partial charge in [-0.15, -0.1) is 0 Å². The van der Waals surface area contributed by atoms with Crippen LogP contribution in [0.2, 0.25) is 0 Å². The Hall–Kier alpha value is -2.37. The molecule has 0 bridgehead atoms. The molecule has 2 aromatic heterocycles. The minimum atomic E-state index is -0.514. The highest BCUT2D eigenvalue weighted by molar-refractivity contribution is 5.71. The molecule has 1 N–H and O–H groups in total. The van der Waals surface area contributed by atoms with E-state index in [-0.39, 0.29) is 6.09 Å². The number of carbonyl (C=O) groups excluding carboxylic acids is 1. The van der Waals surface area contributed by atoms with E-state index in [4.69, 9.17) is 4.74 Å². The van der Waals surface area contributed by atoms with E-state index in [1.54, 1.807) is 17.3 Å². The predicted molar refractivity (Wildman–Crippen MR) is 77.3 cm³/mol. The number of hydrogen-bond donors (Lipinski definition) is 1. The van der Waals surface area contributed by atoms with Crippen molar-refractivity contribution < 1.29 is 9.53 Å². The molecule has 0 radical (unpaired) electrons. The molecule has 0 saturated carbocycles. The van der Waals surface area contributed by atoms with Crippen LogP contribution < -0.4 is 0 Å². The number of rotatable bonds is 0. The molecule has 0 aromatic carbocycles. The summed E-state index contributed by atoms with van der Waals surface area (Å²) in [6.45, 7) is 6.52. The number of aromatic amines is 1. The van der Waals surface area contributed by atoms with Crippen LogP contribution in [0.25, 0.3) is 11.4 Å². The minimum Gasteiger partial charge on any atom is -0.444 e. The van der Waals surface area contributed by atoms with Gasteiger partial charge in [0.05, 0.1) is 30.7 Å². The minimum absolute atomic E-state index is 0.327. The molecule has 0 saturated heterocycles. The Morgan fingerprint density at radius 2 is 2.10 bits per heavy atom. The maximum atomic E-state index is 12.4. The lowest BCUT2D eigenvalue weighted by molar-refractivity contribution is 0.0219. The Kier molecular flexibility index (Phi) is 3.16. The molecule has 0 aliphatic carbocycles. The number of aromatic nitrogens is 3. The normalized spacial score (nSPS) is 14.1. The van der Waals surface area contributed by atoms with Gasteiger partial charge in [0.15, 0.2) is 0 Å². The molecule has 1 aliphatic rings. The fraction of sp³-hybridized carbons (Fsp3) is 0.400. The molecule has 6 heteroatoms. The van der Waals surface area contributed by atoms with Crippen molar-refractivity contribution in [1.82, 2.24) is 20.1 Å². The van der Waals surface area contributed by atoms with Gasteiger partial charge in [-0.3, -0.25) is 15.0 Å². The fourth-order valence-electron chi connectivity index (χ4n) is 2.35. The number of amides is 1. The number of nitrogens with one attached hydrogen (secondary N) is 1. The summed E-state index contributed by atoms with van der Waals surface area (Å²) in [4.78, 5) is 18.4. The zero-order chi connectivity index (χ0) is 15.0. The average molecular weight is 286 g/mol. The summed E-state index contributed by atoms with van der Waals surface area (Å²) in [5.74, 6) is 0. The summed E-state index contributed by atoms with van der Waals surface area (Å²) in [6.07, 6.45) is 3.15. The van der Waals surface area contributed by atoms with Gasteiger partial charge in [-0.2, -0.15) is 5.10 Å². The van der Waals surface area contributed by atoms with Gasteiger partial charge in [0.1, 0.15) is 5.60 Å². The molecule has 2 aromatic rings. The third-order valence-corrected chi connectivity index (χ3v) is 3.22. The Morgan fingerprint density at radius 3 is 2.86 bits per heavy atom. The average Bonchev–Trinajstić information content (AvgIpc) is 2.79. The number of carbonyl (C=O) groups is 1. The molecular weight excluding hydrogens is 268 g/mol. The third kappa shape index (κ3) is 2.74. The maximum Gasteiger partial charge on any atom is 0.410 e. The van der Waals surface area contributed by atoms with Crippen molar-refractivity contribution in [3.63, 3.8) is 0 Å². The number of ether oxygens (including phenoxy) is 1. The quantitative estimate of drug-likeness (QED) is 0.808. The van der Waals surface area contributed by atoms with E-state index in [0.29, 0.717) is 13.1 Å². The smallest absolute Gasteiger partial charge is 0.410 e. The van der Waals surface area contributed by atoms with Crippen molar-refractivity contribution in [1.29, 1.82) is 0 Å². The van der Waals surface area contributed by atoms with Crippen molar-refractivity contribution in [2.24, 2.45) is 0 Å². The van der Waals surface area contributed by atoms with E-state index in [0.717, 1.165) is 22.5 Å². The van der Waals surface area contributed by atoms with Gasteiger partial charge in [0, 0.05) is 11.8 Å². The second-order valence-corrected chi connectivity index (χ2v) is 6.12. The SMILES string of the molecule is CC(C)(C)OC(=O)N1Cc2cccnc2-c2[nH]ncc2C1. The molecule has 0 fully saturated rings. The van der Waals surface area contributed by atoms with E-state index in [2.05, 4.69) is 15.2 Å².